The summed E-state index contributed by atoms with van der Waals surface area (Å²) in [5.74, 6) is 0.903. The van der Waals surface area contributed by atoms with Crippen LogP contribution in [0, 0.1) is 5.92 Å². The van der Waals surface area contributed by atoms with E-state index in [9.17, 15) is 4.79 Å². The molecule has 8 heteroatoms. The molecule has 30 heavy (non-hydrogen) atoms. The number of nitrogens with zero attached hydrogens (tertiary/aromatic N) is 3. The Morgan fingerprint density at radius 2 is 2.10 bits per heavy atom. The average molecular weight is 433 g/mol. The number of hydrogen-bond acceptors (Lipinski definition) is 7. The van der Waals surface area contributed by atoms with Gasteiger partial charge in [0, 0.05) is 37.7 Å². The highest BCUT2D eigenvalue weighted by atomic mass is 32.1. The number of rotatable bonds is 10. The molecular weight excluding hydrogens is 400 g/mol. The molecule has 1 aromatic carbocycles. The van der Waals surface area contributed by atoms with E-state index in [1.165, 1.54) is 11.3 Å². The highest BCUT2D eigenvalue weighted by Gasteiger charge is 2.26. The third-order valence-corrected chi connectivity index (χ3v) is 5.94. The summed E-state index contributed by atoms with van der Waals surface area (Å²) in [4.78, 5) is 21.9. The van der Waals surface area contributed by atoms with E-state index in [2.05, 4.69) is 34.2 Å². The number of piperidine rings is 1. The van der Waals surface area contributed by atoms with Crippen molar-refractivity contribution in [1.82, 2.24) is 14.8 Å². The first-order valence-corrected chi connectivity index (χ1v) is 11.3. The largest absolute Gasteiger partial charge is 0.491 e. The van der Waals surface area contributed by atoms with Gasteiger partial charge >= 0.3 is 0 Å². The number of amides is 1. The maximum Gasteiger partial charge on any atom is 0.230 e. The first-order chi connectivity index (χ1) is 14.5. The number of ether oxygens (including phenoxy) is 2. The molecular formula is C22H32N4O3S. The molecule has 1 aliphatic heterocycles. The second-order valence-corrected chi connectivity index (χ2v) is 8.69. The molecule has 2 heterocycles. The van der Waals surface area contributed by atoms with Gasteiger partial charge in [-0.25, -0.2) is 4.98 Å². The van der Waals surface area contributed by atoms with Gasteiger partial charge in [-0.3, -0.25) is 4.79 Å². The Bertz CT molecular complexity index is 794. The van der Waals surface area contributed by atoms with Crippen LogP contribution in [0.25, 0.3) is 11.3 Å². The number of thiazole rings is 1. The Balaban J connectivity index is 1.52. The summed E-state index contributed by atoms with van der Waals surface area (Å²) < 4.78 is 10.6. The summed E-state index contributed by atoms with van der Waals surface area (Å²) in [5, 5.41) is 5.65. The summed E-state index contributed by atoms with van der Waals surface area (Å²) in [6.45, 7) is 5.00. The van der Waals surface area contributed by atoms with Crippen LogP contribution in [-0.4, -0.2) is 81.3 Å². The zero-order valence-corrected chi connectivity index (χ0v) is 18.9. The Morgan fingerprint density at radius 3 is 2.83 bits per heavy atom. The van der Waals surface area contributed by atoms with E-state index in [0.717, 1.165) is 56.0 Å². The molecule has 1 fully saturated rings. The van der Waals surface area contributed by atoms with Crippen LogP contribution < -0.4 is 10.1 Å². The normalized spacial score (nSPS) is 17.3. The van der Waals surface area contributed by atoms with Crippen molar-refractivity contribution in [1.29, 1.82) is 0 Å². The van der Waals surface area contributed by atoms with Gasteiger partial charge in [-0.05, 0) is 57.7 Å². The molecule has 164 valence electrons. The van der Waals surface area contributed by atoms with Crippen LogP contribution >= 0.6 is 11.3 Å². The second-order valence-electron chi connectivity index (χ2n) is 7.84. The van der Waals surface area contributed by atoms with Gasteiger partial charge in [0.1, 0.15) is 12.4 Å². The van der Waals surface area contributed by atoms with Crippen LogP contribution in [0.5, 0.6) is 5.75 Å². The van der Waals surface area contributed by atoms with Crippen LogP contribution in [-0.2, 0) is 9.53 Å². The Kier molecular flexibility index (Phi) is 8.62. The molecule has 0 radical (unpaired) electrons. The van der Waals surface area contributed by atoms with Crippen LogP contribution in [0.3, 0.4) is 0 Å². The third-order valence-electron chi connectivity index (χ3n) is 5.18. The summed E-state index contributed by atoms with van der Waals surface area (Å²) in [5.41, 5.74) is 1.85. The van der Waals surface area contributed by atoms with E-state index in [1.54, 1.807) is 7.11 Å². The van der Waals surface area contributed by atoms with Crippen LogP contribution in [0.15, 0.2) is 29.6 Å². The molecule has 1 amide bonds. The lowest BCUT2D eigenvalue weighted by molar-refractivity contribution is -0.121. The van der Waals surface area contributed by atoms with E-state index < -0.39 is 0 Å². The molecule has 1 saturated heterocycles. The van der Waals surface area contributed by atoms with Crippen molar-refractivity contribution >= 4 is 22.4 Å². The van der Waals surface area contributed by atoms with Crippen molar-refractivity contribution < 1.29 is 14.3 Å². The predicted octanol–water partition coefficient (Wildman–Crippen LogP) is 3.05. The van der Waals surface area contributed by atoms with Gasteiger partial charge in [0.15, 0.2) is 5.13 Å². The zero-order chi connectivity index (χ0) is 21.3. The molecule has 0 saturated carbocycles. The fourth-order valence-electron chi connectivity index (χ4n) is 3.45. The van der Waals surface area contributed by atoms with Crippen molar-refractivity contribution in [2.45, 2.75) is 12.8 Å². The summed E-state index contributed by atoms with van der Waals surface area (Å²) in [7, 11) is 5.81. The minimum atomic E-state index is 0.0248. The predicted molar refractivity (Wildman–Crippen MR) is 121 cm³/mol. The van der Waals surface area contributed by atoms with Crippen molar-refractivity contribution in [2.24, 2.45) is 5.92 Å². The molecule has 2 aromatic rings. The molecule has 1 atom stereocenters. The first-order valence-electron chi connectivity index (χ1n) is 10.4. The van der Waals surface area contributed by atoms with Crippen molar-refractivity contribution in [3.05, 3.63) is 29.6 Å². The molecule has 0 spiro atoms. The van der Waals surface area contributed by atoms with Gasteiger partial charge in [0.25, 0.3) is 0 Å². The number of likely N-dealkylation sites (N-methyl/N-ethyl adjacent to an activating group) is 1. The number of nitrogens with one attached hydrogen (secondary N) is 1. The zero-order valence-electron chi connectivity index (χ0n) is 18.1. The molecule has 1 aromatic heterocycles. The van der Waals surface area contributed by atoms with Crippen LogP contribution in [0.4, 0.5) is 5.13 Å². The number of carbonyl (C=O) groups excluding carboxylic acids is 1. The molecule has 7 nitrogen and oxygen atoms in total. The molecule has 1 unspecified atom stereocenters. The van der Waals surface area contributed by atoms with Gasteiger partial charge < -0.3 is 24.6 Å². The van der Waals surface area contributed by atoms with Crippen LogP contribution in [0.2, 0.25) is 0 Å². The van der Waals surface area contributed by atoms with Crippen molar-refractivity contribution in [3.63, 3.8) is 0 Å². The van der Waals surface area contributed by atoms with Gasteiger partial charge in [0.2, 0.25) is 5.91 Å². The molecule has 3 rings (SSSR count). The quantitative estimate of drug-likeness (QED) is 0.582. The minimum Gasteiger partial charge on any atom is -0.491 e. The van der Waals surface area contributed by atoms with E-state index in [1.807, 2.05) is 29.6 Å². The number of benzene rings is 1. The first kappa shape index (κ1) is 22.7. The van der Waals surface area contributed by atoms with E-state index >= 15 is 0 Å². The fraction of sp³-hybridized carbons (Fsp3) is 0.545. The van der Waals surface area contributed by atoms with Crippen LogP contribution in [0.1, 0.15) is 12.8 Å². The summed E-state index contributed by atoms with van der Waals surface area (Å²) in [6, 6.07) is 7.80. The molecule has 0 aliphatic carbocycles. The lowest BCUT2D eigenvalue weighted by Crippen LogP contribution is -2.43. The minimum absolute atomic E-state index is 0.0248. The Hall–Kier alpha value is -2.00. The summed E-state index contributed by atoms with van der Waals surface area (Å²) >= 11 is 1.46. The van der Waals surface area contributed by atoms with Gasteiger partial charge in [-0.2, -0.15) is 0 Å². The van der Waals surface area contributed by atoms with Gasteiger partial charge in [0.05, 0.1) is 18.2 Å². The molecule has 0 bridgehead atoms. The van der Waals surface area contributed by atoms with Gasteiger partial charge in [-0.15, -0.1) is 11.3 Å². The Morgan fingerprint density at radius 1 is 1.30 bits per heavy atom. The average Bonchev–Trinajstić information content (AvgIpc) is 3.21. The van der Waals surface area contributed by atoms with Crippen molar-refractivity contribution in [2.75, 3.05) is 65.9 Å². The number of likely N-dealkylation sites (tertiary alicyclic amines) is 1. The Labute approximate surface area is 183 Å². The standard InChI is InChI=1S/C22H32N4O3S/c1-25(2)11-12-26-10-4-5-18(15-26)21(27)24-22-23-20(16-30-22)17-6-8-19(9-7-17)29-14-13-28-3/h6-9,16,18H,4-5,10-15H2,1-3H3,(H,23,24,27). The summed E-state index contributed by atoms with van der Waals surface area (Å²) in [6.07, 6.45) is 2.00. The maximum absolute atomic E-state index is 12.8. The van der Waals surface area contributed by atoms with E-state index in [4.69, 9.17) is 9.47 Å². The second kappa shape index (κ2) is 11.4. The smallest absolute Gasteiger partial charge is 0.230 e. The number of carbonyl (C=O) groups is 1. The number of hydrogen-bond donors (Lipinski definition) is 1. The highest BCUT2D eigenvalue weighted by molar-refractivity contribution is 7.14. The van der Waals surface area contributed by atoms with Gasteiger partial charge in [-0.1, -0.05) is 0 Å². The van der Waals surface area contributed by atoms with E-state index in [-0.39, 0.29) is 11.8 Å². The monoisotopic (exact) mass is 432 g/mol. The lowest BCUT2D eigenvalue weighted by atomic mass is 9.97. The molecule has 1 N–H and O–H groups in total. The third kappa shape index (κ3) is 6.77. The van der Waals surface area contributed by atoms with Crippen molar-refractivity contribution in [3.8, 4) is 17.0 Å². The number of aromatic nitrogens is 1. The fourth-order valence-corrected chi connectivity index (χ4v) is 4.17. The SMILES string of the molecule is COCCOc1ccc(-c2csc(NC(=O)C3CCCN(CCN(C)C)C3)n2)cc1. The number of methoxy groups -OCH3 is 1. The number of anilines is 1. The lowest BCUT2D eigenvalue weighted by Gasteiger charge is -2.32. The maximum atomic E-state index is 12.8. The molecule has 1 aliphatic rings. The highest BCUT2D eigenvalue weighted by Crippen LogP contribution is 2.27. The van der Waals surface area contributed by atoms with E-state index in [0.29, 0.717) is 18.3 Å². The topological polar surface area (TPSA) is 66.9 Å².